The molecule has 0 aromatic heterocycles. The topological polar surface area (TPSA) is 12.0 Å². The van der Waals surface area contributed by atoms with Crippen LogP contribution in [0.15, 0.2) is 22.7 Å². The number of hydrogen-bond donors (Lipinski definition) is 1. The van der Waals surface area contributed by atoms with Crippen LogP contribution >= 0.6 is 27.7 Å². The number of thioether (sulfide) groups is 1. The quantitative estimate of drug-likeness (QED) is 0.915. The van der Waals surface area contributed by atoms with Crippen LogP contribution in [-0.2, 0) is 6.54 Å². The van der Waals surface area contributed by atoms with E-state index in [-0.39, 0.29) is 0 Å². The Morgan fingerprint density at radius 1 is 1.44 bits per heavy atom. The highest BCUT2D eigenvalue weighted by molar-refractivity contribution is 9.10. The molecule has 1 aliphatic heterocycles. The lowest BCUT2D eigenvalue weighted by Gasteiger charge is -2.17. The molecule has 2 rings (SSSR count). The van der Waals surface area contributed by atoms with E-state index in [1.807, 2.05) is 0 Å². The maximum atomic E-state index is 3.66. The van der Waals surface area contributed by atoms with Crippen LogP contribution in [0, 0.1) is 12.8 Å². The van der Waals surface area contributed by atoms with E-state index in [1.54, 1.807) is 0 Å². The summed E-state index contributed by atoms with van der Waals surface area (Å²) in [6.45, 7) is 5.45. The molecular formula is C13H18BrNS. The van der Waals surface area contributed by atoms with Crippen LogP contribution in [0.4, 0.5) is 0 Å². The fraction of sp³-hybridized carbons (Fsp3) is 0.538. The molecule has 0 saturated carbocycles. The monoisotopic (exact) mass is 299 g/mol. The lowest BCUT2D eigenvalue weighted by molar-refractivity contribution is 0.453. The summed E-state index contributed by atoms with van der Waals surface area (Å²) in [4.78, 5) is 0. The van der Waals surface area contributed by atoms with Gasteiger partial charge in [-0.05, 0) is 29.7 Å². The van der Waals surface area contributed by atoms with Crippen molar-refractivity contribution in [2.24, 2.45) is 5.92 Å². The minimum atomic E-state index is 0.678. The molecule has 1 saturated heterocycles. The van der Waals surface area contributed by atoms with E-state index >= 15 is 0 Å². The van der Waals surface area contributed by atoms with Gasteiger partial charge in [0.15, 0.2) is 0 Å². The van der Waals surface area contributed by atoms with E-state index in [1.165, 1.54) is 27.1 Å². The Hall–Kier alpha value is 0.01000. The van der Waals surface area contributed by atoms with Crippen LogP contribution in [0.1, 0.15) is 18.1 Å². The Kier molecular flexibility index (Phi) is 4.34. The number of halogens is 1. The molecule has 0 bridgehead atoms. The van der Waals surface area contributed by atoms with Crippen molar-refractivity contribution in [2.75, 3.05) is 11.5 Å². The van der Waals surface area contributed by atoms with E-state index in [0.717, 1.165) is 12.5 Å². The lowest BCUT2D eigenvalue weighted by Crippen LogP contribution is -2.33. The van der Waals surface area contributed by atoms with Crippen LogP contribution in [0.5, 0.6) is 0 Å². The fourth-order valence-corrected chi connectivity index (χ4v) is 3.85. The van der Waals surface area contributed by atoms with Gasteiger partial charge in [0.2, 0.25) is 0 Å². The zero-order chi connectivity index (χ0) is 11.5. The van der Waals surface area contributed by atoms with Crippen molar-refractivity contribution in [1.82, 2.24) is 5.32 Å². The van der Waals surface area contributed by atoms with Crippen LogP contribution < -0.4 is 5.32 Å². The number of rotatable bonds is 3. The molecule has 2 atom stereocenters. The second kappa shape index (κ2) is 5.56. The molecule has 1 nitrogen and oxygen atoms in total. The van der Waals surface area contributed by atoms with Gasteiger partial charge in [-0.3, -0.25) is 0 Å². The number of nitrogens with one attached hydrogen (secondary N) is 1. The van der Waals surface area contributed by atoms with E-state index in [9.17, 15) is 0 Å². The molecule has 1 heterocycles. The molecule has 0 spiro atoms. The summed E-state index contributed by atoms with van der Waals surface area (Å²) in [7, 11) is 0. The summed E-state index contributed by atoms with van der Waals surface area (Å²) in [5.41, 5.74) is 2.68. The maximum Gasteiger partial charge on any atom is 0.0249 e. The van der Waals surface area contributed by atoms with Gasteiger partial charge in [-0.15, -0.1) is 0 Å². The number of hydrogen-bond acceptors (Lipinski definition) is 2. The summed E-state index contributed by atoms with van der Waals surface area (Å²) < 4.78 is 1.25. The molecule has 1 aliphatic rings. The van der Waals surface area contributed by atoms with Crippen molar-refractivity contribution in [2.45, 2.75) is 26.4 Å². The van der Waals surface area contributed by atoms with Crippen molar-refractivity contribution in [3.8, 4) is 0 Å². The standard InChI is InChI=1S/C13H18BrNS/c1-9-4-3-5-11(13(9)14)6-15-12-8-16-7-10(12)2/h3-5,10,12,15H,6-8H2,1-2H3. The zero-order valence-electron chi connectivity index (χ0n) is 9.79. The van der Waals surface area contributed by atoms with Crippen molar-refractivity contribution in [3.63, 3.8) is 0 Å². The highest BCUT2D eigenvalue weighted by Gasteiger charge is 2.23. The normalized spacial score (nSPS) is 24.9. The summed E-state index contributed by atoms with van der Waals surface area (Å²) in [6, 6.07) is 7.14. The van der Waals surface area contributed by atoms with Gasteiger partial charge in [0.1, 0.15) is 0 Å². The summed E-state index contributed by atoms with van der Waals surface area (Å²) in [5, 5.41) is 3.66. The summed E-state index contributed by atoms with van der Waals surface area (Å²) >= 11 is 5.72. The van der Waals surface area contributed by atoms with Gasteiger partial charge in [0, 0.05) is 22.8 Å². The first-order chi connectivity index (χ1) is 7.68. The minimum Gasteiger partial charge on any atom is -0.309 e. The van der Waals surface area contributed by atoms with Crippen molar-refractivity contribution < 1.29 is 0 Å². The maximum absolute atomic E-state index is 3.66. The van der Waals surface area contributed by atoms with Gasteiger partial charge < -0.3 is 5.32 Å². The molecule has 0 amide bonds. The third-order valence-electron chi connectivity index (χ3n) is 3.19. The molecule has 1 fully saturated rings. The Morgan fingerprint density at radius 3 is 2.94 bits per heavy atom. The van der Waals surface area contributed by atoms with Gasteiger partial charge in [-0.1, -0.05) is 41.1 Å². The Balaban J connectivity index is 1.96. The van der Waals surface area contributed by atoms with Crippen molar-refractivity contribution >= 4 is 27.7 Å². The first kappa shape index (κ1) is 12.5. The highest BCUT2D eigenvalue weighted by Crippen LogP contribution is 2.25. The van der Waals surface area contributed by atoms with E-state index < -0.39 is 0 Å². The first-order valence-corrected chi connectivity index (χ1v) is 7.68. The summed E-state index contributed by atoms with van der Waals surface area (Å²) in [6.07, 6.45) is 0. The zero-order valence-corrected chi connectivity index (χ0v) is 12.2. The Bertz CT molecular complexity index is 367. The molecule has 1 N–H and O–H groups in total. The van der Waals surface area contributed by atoms with E-state index in [2.05, 4.69) is 65.1 Å². The predicted molar refractivity (Wildman–Crippen MR) is 76.0 cm³/mol. The van der Waals surface area contributed by atoms with E-state index in [0.29, 0.717) is 6.04 Å². The lowest BCUT2D eigenvalue weighted by atomic mass is 10.1. The molecule has 0 aliphatic carbocycles. The van der Waals surface area contributed by atoms with Gasteiger partial charge in [0.25, 0.3) is 0 Å². The molecular weight excluding hydrogens is 282 g/mol. The molecule has 1 aromatic carbocycles. The number of aryl methyl sites for hydroxylation is 1. The van der Waals surface area contributed by atoms with Gasteiger partial charge in [-0.25, -0.2) is 0 Å². The fourth-order valence-electron chi connectivity index (χ4n) is 2.01. The minimum absolute atomic E-state index is 0.678. The average molecular weight is 300 g/mol. The predicted octanol–water partition coefficient (Wildman–Crippen LogP) is 3.60. The third-order valence-corrected chi connectivity index (χ3v) is 5.68. The van der Waals surface area contributed by atoms with Gasteiger partial charge in [-0.2, -0.15) is 11.8 Å². The molecule has 88 valence electrons. The van der Waals surface area contributed by atoms with Gasteiger partial charge in [0.05, 0.1) is 0 Å². The largest absolute Gasteiger partial charge is 0.309 e. The molecule has 2 unspecified atom stereocenters. The highest BCUT2D eigenvalue weighted by atomic mass is 79.9. The average Bonchev–Trinajstić information content (AvgIpc) is 2.67. The second-order valence-corrected chi connectivity index (χ2v) is 6.42. The van der Waals surface area contributed by atoms with Crippen LogP contribution in [0.2, 0.25) is 0 Å². The molecule has 1 aromatic rings. The second-order valence-electron chi connectivity index (χ2n) is 4.55. The van der Waals surface area contributed by atoms with Crippen LogP contribution in [0.25, 0.3) is 0 Å². The van der Waals surface area contributed by atoms with E-state index in [4.69, 9.17) is 0 Å². The molecule has 0 radical (unpaired) electrons. The van der Waals surface area contributed by atoms with Crippen LogP contribution in [0.3, 0.4) is 0 Å². The number of benzene rings is 1. The van der Waals surface area contributed by atoms with Gasteiger partial charge >= 0.3 is 0 Å². The van der Waals surface area contributed by atoms with Crippen molar-refractivity contribution in [3.05, 3.63) is 33.8 Å². The third kappa shape index (κ3) is 2.82. The van der Waals surface area contributed by atoms with Crippen LogP contribution in [-0.4, -0.2) is 17.5 Å². The molecule has 3 heteroatoms. The smallest absolute Gasteiger partial charge is 0.0249 e. The van der Waals surface area contributed by atoms with Crippen molar-refractivity contribution in [1.29, 1.82) is 0 Å². The SMILES string of the molecule is Cc1cccc(CNC2CSCC2C)c1Br. The first-order valence-electron chi connectivity index (χ1n) is 5.73. The summed E-state index contributed by atoms with van der Waals surface area (Å²) in [5.74, 6) is 3.35. The Morgan fingerprint density at radius 2 is 2.25 bits per heavy atom. The molecule has 16 heavy (non-hydrogen) atoms. The Labute approximate surface area is 111 Å².